The Labute approximate surface area is 300 Å². The molecule has 0 saturated carbocycles. The molecule has 9 heteroatoms. The molecule has 0 aliphatic carbocycles. The first-order valence-electron chi connectivity index (χ1n) is 19.8. The highest BCUT2D eigenvalue weighted by atomic mass is 31.2. The van der Waals surface area contributed by atoms with E-state index < -0.39 is 32.5 Å². The van der Waals surface area contributed by atoms with Crippen LogP contribution in [0.1, 0.15) is 187 Å². The minimum Gasteiger partial charge on any atom is -0.462 e. The van der Waals surface area contributed by atoms with Crippen molar-refractivity contribution in [2.75, 3.05) is 13.2 Å². The van der Waals surface area contributed by atoms with Gasteiger partial charge < -0.3 is 19.3 Å². The van der Waals surface area contributed by atoms with Crippen LogP contribution in [-0.4, -0.2) is 41.0 Å². The molecular formula is C40H73O8P. The average molecular weight is 713 g/mol. The Morgan fingerprint density at radius 3 is 1.47 bits per heavy atom. The van der Waals surface area contributed by atoms with Crippen molar-refractivity contribution in [3.63, 3.8) is 0 Å². The van der Waals surface area contributed by atoms with Crippen LogP contribution in [0.25, 0.3) is 0 Å². The number of carbonyl (C=O) groups excluding carboxylic acids is 2. The summed E-state index contributed by atoms with van der Waals surface area (Å²) in [6.45, 7) is 3.55. The van der Waals surface area contributed by atoms with Gasteiger partial charge in [0.2, 0.25) is 0 Å². The molecule has 0 saturated heterocycles. The largest absolute Gasteiger partial charge is 0.469 e. The fraction of sp³-hybridized carbons (Fsp3) is 0.800. The average Bonchev–Trinajstić information content (AvgIpc) is 3.07. The van der Waals surface area contributed by atoms with Gasteiger partial charge in [0.05, 0.1) is 6.61 Å². The monoisotopic (exact) mass is 713 g/mol. The predicted octanol–water partition coefficient (Wildman–Crippen LogP) is 11.8. The van der Waals surface area contributed by atoms with Gasteiger partial charge in [0.15, 0.2) is 6.10 Å². The minimum atomic E-state index is -4.76. The molecule has 0 spiro atoms. The third kappa shape index (κ3) is 38.9. The second kappa shape index (κ2) is 36.1. The zero-order valence-corrected chi connectivity index (χ0v) is 32.2. The van der Waals surface area contributed by atoms with Crippen molar-refractivity contribution in [2.24, 2.45) is 0 Å². The highest BCUT2D eigenvalue weighted by Gasteiger charge is 2.22. The van der Waals surface area contributed by atoms with Crippen LogP contribution in [0.15, 0.2) is 36.5 Å². The molecule has 0 bridgehead atoms. The van der Waals surface area contributed by atoms with Crippen molar-refractivity contribution < 1.29 is 37.9 Å². The van der Waals surface area contributed by atoms with E-state index in [2.05, 4.69) is 54.8 Å². The summed E-state index contributed by atoms with van der Waals surface area (Å²) >= 11 is 0. The quantitative estimate of drug-likeness (QED) is 0.0285. The highest BCUT2D eigenvalue weighted by molar-refractivity contribution is 7.46. The SMILES string of the molecule is CC/C=C\C/C=C\C/C=C\CCCCCC(=O)OC(COC(=O)CCCCCCCCCCCCCCCCCCCC)COP(=O)(O)O. The zero-order valence-electron chi connectivity index (χ0n) is 31.3. The lowest BCUT2D eigenvalue weighted by Gasteiger charge is -2.18. The smallest absolute Gasteiger partial charge is 0.462 e. The molecule has 0 aliphatic rings. The van der Waals surface area contributed by atoms with E-state index in [4.69, 9.17) is 19.3 Å². The number of phosphoric acid groups is 1. The van der Waals surface area contributed by atoms with Gasteiger partial charge in [-0.1, -0.05) is 166 Å². The van der Waals surface area contributed by atoms with Crippen molar-refractivity contribution in [3.8, 4) is 0 Å². The van der Waals surface area contributed by atoms with Gasteiger partial charge in [-0.15, -0.1) is 0 Å². The van der Waals surface area contributed by atoms with Crippen LogP contribution in [0.3, 0.4) is 0 Å². The van der Waals surface area contributed by atoms with Crippen molar-refractivity contribution >= 4 is 19.8 Å². The molecule has 0 radical (unpaired) electrons. The number of hydrogen-bond acceptors (Lipinski definition) is 6. The van der Waals surface area contributed by atoms with E-state index >= 15 is 0 Å². The number of allylic oxidation sites excluding steroid dienone is 6. The summed E-state index contributed by atoms with van der Waals surface area (Å²) in [5.41, 5.74) is 0. The van der Waals surface area contributed by atoms with Gasteiger partial charge in [0, 0.05) is 12.8 Å². The van der Waals surface area contributed by atoms with Crippen LogP contribution in [0.2, 0.25) is 0 Å². The zero-order chi connectivity index (χ0) is 36.1. The molecule has 1 unspecified atom stereocenters. The van der Waals surface area contributed by atoms with Gasteiger partial charge >= 0.3 is 19.8 Å². The van der Waals surface area contributed by atoms with Crippen molar-refractivity contribution in [1.29, 1.82) is 0 Å². The molecule has 2 N–H and O–H groups in total. The lowest BCUT2D eigenvalue weighted by Crippen LogP contribution is -2.29. The van der Waals surface area contributed by atoms with Gasteiger partial charge in [-0.2, -0.15) is 0 Å². The van der Waals surface area contributed by atoms with Gasteiger partial charge in [-0.25, -0.2) is 4.57 Å². The third-order valence-electron chi connectivity index (χ3n) is 8.42. The fourth-order valence-electron chi connectivity index (χ4n) is 5.51. The summed E-state index contributed by atoms with van der Waals surface area (Å²) in [6.07, 6.45) is 41.6. The van der Waals surface area contributed by atoms with E-state index in [0.29, 0.717) is 6.42 Å². The van der Waals surface area contributed by atoms with E-state index in [1.165, 1.54) is 96.3 Å². The number of unbranched alkanes of at least 4 members (excludes halogenated alkanes) is 20. The van der Waals surface area contributed by atoms with Crippen molar-refractivity contribution in [1.82, 2.24) is 0 Å². The maximum absolute atomic E-state index is 12.3. The normalized spacial score (nSPS) is 12.8. The van der Waals surface area contributed by atoms with Crippen LogP contribution in [-0.2, 0) is 28.2 Å². The predicted molar refractivity (Wildman–Crippen MR) is 202 cm³/mol. The second-order valence-electron chi connectivity index (χ2n) is 13.2. The summed E-state index contributed by atoms with van der Waals surface area (Å²) in [7, 11) is -4.76. The molecule has 1 atom stereocenters. The second-order valence-corrected chi connectivity index (χ2v) is 14.5. The summed E-state index contributed by atoms with van der Waals surface area (Å²) in [5.74, 6) is -0.915. The highest BCUT2D eigenvalue weighted by Crippen LogP contribution is 2.36. The maximum Gasteiger partial charge on any atom is 0.469 e. The van der Waals surface area contributed by atoms with E-state index in [1.807, 2.05) is 0 Å². The number of carbonyl (C=O) groups is 2. The van der Waals surface area contributed by atoms with Crippen LogP contribution in [0.4, 0.5) is 0 Å². The van der Waals surface area contributed by atoms with Crippen molar-refractivity contribution in [2.45, 2.75) is 193 Å². The Hall–Kier alpha value is -1.73. The lowest BCUT2D eigenvalue weighted by atomic mass is 10.0. The van der Waals surface area contributed by atoms with Crippen molar-refractivity contribution in [3.05, 3.63) is 36.5 Å². The standard InChI is InChI=1S/C40H73O8P/c1-3-5-7-9-11-13-15-17-18-19-20-21-23-24-26-28-30-32-34-39(41)46-36-38(37-47-49(43,44)45)48-40(42)35-33-31-29-27-25-22-16-14-12-10-8-6-4-2/h6,8,12,14,22,25,38H,3-5,7,9-11,13,15-21,23-24,26-37H2,1-2H3,(H2,43,44,45)/b8-6-,14-12-,25-22-. The lowest BCUT2D eigenvalue weighted by molar-refractivity contribution is -0.161. The Balaban J connectivity index is 3.93. The molecule has 0 aliphatic heterocycles. The van der Waals surface area contributed by atoms with E-state index in [0.717, 1.165) is 57.8 Å². The number of phosphoric ester groups is 1. The number of esters is 2. The molecular weight excluding hydrogens is 639 g/mol. The van der Waals surface area contributed by atoms with Gasteiger partial charge in [0.25, 0.3) is 0 Å². The first-order valence-corrected chi connectivity index (χ1v) is 21.3. The number of ether oxygens (including phenoxy) is 2. The minimum absolute atomic E-state index is 0.178. The molecule has 0 aromatic rings. The molecule has 0 aromatic heterocycles. The van der Waals surface area contributed by atoms with E-state index in [9.17, 15) is 14.2 Å². The molecule has 8 nitrogen and oxygen atoms in total. The third-order valence-corrected chi connectivity index (χ3v) is 8.91. The summed E-state index contributed by atoms with van der Waals surface area (Å²) < 4.78 is 26.3. The van der Waals surface area contributed by atoms with Gasteiger partial charge in [0.1, 0.15) is 6.61 Å². The van der Waals surface area contributed by atoms with Crippen LogP contribution in [0, 0.1) is 0 Å². The molecule has 49 heavy (non-hydrogen) atoms. The first kappa shape index (κ1) is 47.3. The molecule has 0 fully saturated rings. The summed E-state index contributed by atoms with van der Waals surface area (Å²) in [4.78, 5) is 42.7. The Morgan fingerprint density at radius 2 is 0.980 bits per heavy atom. The Bertz CT molecular complexity index is 895. The fourth-order valence-corrected chi connectivity index (χ4v) is 5.87. The van der Waals surface area contributed by atoms with Crippen LogP contribution >= 0.6 is 7.82 Å². The van der Waals surface area contributed by atoms with Gasteiger partial charge in [-0.3, -0.25) is 14.1 Å². The molecule has 0 aromatic carbocycles. The topological polar surface area (TPSA) is 119 Å². The summed E-state index contributed by atoms with van der Waals surface area (Å²) in [5, 5.41) is 0. The maximum atomic E-state index is 12.3. The Morgan fingerprint density at radius 1 is 0.551 bits per heavy atom. The van der Waals surface area contributed by atoms with E-state index in [-0.39, 0.29) is 19.4 Å². The first-order chi connectivity index (χ1) is 23.8. The van der Waals surface area contributed by atoms with Gasteiger partial charge in [-0.05, 0) is 44.9 Å². The number of rotatable bonds is 36. The molecule has 0 amide bonds. The van der Waals surface area contributed by atoms with Crippen LogP contribution in [0.5, 0.6) is 0 Å². The number of hydrogen-bond donors (Lipinski definition) is 2. The molecule has 286 valence electrons. The summed E-state index contributed by atoms with van der Waals surface area (Å²) in [6, 6.07) is 0. The van der Waals surface area contributed by atoms with E-state index in [1.54, 1.807) is 0 Å². The molecule has 0 rings (SSSR count). The molecule has 0 heterocycles. The Kier molecular flexibility index (Phi) is 34.8. The van der Waals surface area contributed by atoms with Crippen LogP contribution < -0.4 is 0 Å².